The van der Waals surface area contributed by atoms with Crippen LogP contribution in [0.15, 0.2) is 11.6 Å². The third kappa shape index (κ3) is 4.52. The van der Waals surface area contributed by atoms with Crippen molar-refractivity contribution in [3.05, 3.63) is 16.6 Å². The van der Waals surface area contributed by atoms with E-state index >= 15 is 0 Å². The van der Waals surface area contributed by atoms with Gasteiger partial charge in [0.15, 0.2) is 0 Å². The number of nitrogens with one attached hydrogen (secondary N) is 1. The monoisotopic (exact) mass is 256 g/mol. The molecule has 1 heterocycles. The normalized spacial score (nSPS) is 12.4. The Morgan fingerprint density at radius 1 is 1.53 bits per heavy atom. The number of carbonyl (C=O) groups is 2. The van der Waals surface area contributed by atoms with Crippen molar-refractivity contribution in [2.75, 3.05) is 0 Å². The molecule has 2 N–H and O–H groups in total. The molecule has 0 aliphatic heterocycles. The smallest absolute Gasteiger partial charge is 0.326 e. The summed E-state index contributed by atoms with van der Waals surface area (Å²) in [5.41, 5.74) is 0. The van der Waals surface area contributed by atoms with E-state index in [9.17, 15) is 9.59 Å². The molecule has 0 spiro atoms. The van der Waals surface area contributed by atoms with Crippen molar-refractivity contribution in [3.63, 3.8) is 0 Å². The summed E-state index contributed by atoms with van der Waals surface area (Å²) in [5, 5.41) is 14.2. The van der Waals surface area contributed by atoms with E-state index in [1.54, 1.807) is 20.0 Å². The van der Waals surface area contributed by atoms with Crippen LogP contribution in [0, 0.1) is 5.92 Å². The van der Waals surface area contributed by atoms with Crippen molar-refractivity contribution in [1.82, 2.24) is 10.3 Å². The molecule has 0 aliphatic carbocycles. The maximum absolute atomic E-state index is 11.6. The highest BCUT2D eigenvalue weighted by Crippen LogP contribution is 2.07. The third-order valence-corrected chi connectivity index (χ3v) is 3.14. The first kappa shape index (κ1) is 13.6. The number of carboxylic acid groups (broad SMARTS) is 1. The van der Waals surface area contributed by atoms with E-state index in [1.165, 1.54) is 11.3 Å². The van der Waals surface area contributed by atoms with E-state index in [0.717, 1.165) is 5.01 Å². The topological polar surface area (TPSA) is 79.3 Å². The number of rotatable bonds is 6. The van der Waals surface area contributed by atoms with Crippen molar-refractivity contribution in [2.24, 2.45) is 5.92 Å². The van der Waals surface area contributed by atoms with Crippen molar-refractivity contribution in [1.29, 1.82) is 0 Å². The van der Waals surface area contributed by atoms with Crippen LogP contribution < -0.4 is 5.32 Å². The number of aryl methyl sites for hydroxylation is 1. The molecule has 0 saturated carbocycles. The van der Waals surface area contributed by atoms with Crippen LogP contribution in [0.1, 0.15) is 25.3 Å². The molecule has 6 heteroatoms. The summed E-state index contributed by atoms with van der Waals surface area (Å²) in [7, 11) is 0. The molecule has 0 fully saturated rings. The Morgan fingerprint density at radius 2 is 2.24 bits per heavy atom. The molecule has 0 unspecified atom stereocenters. The zero-order chi connectivity index (χ0) is 12.8. The van der Waals surface area contributed by atoms with Crippen molar-refractivity contribution in [2.45, 2.75) is 32.7 Å². The summed E-state index contributed by atoms with van der Waals surface area (Å²) in [6.07, 6.45) is 2.50. The second kappa shape index (κ2) is 6.34. The number of hydrogen-bond acceptors (Lipinski definition) is 4. The quantitative estimate of drug-likeness (QED) is 0.804. The second-order valence-electron chi connectivity index (χ2n) is 4.05. The highest BCUT2D eigenvalue weighted by molar-refractivity contribution is 7.09. The van der Waals surface area contributed by atoms with Crippen molar-refractivity contribution in [3.8, 4) is 0 Å². The first-order chi connectivity index (χ1) is 8.00. The van der Waals surface area contributed by atoms with Gasteiger partial charge in [-0.3, -0.25) is 4.79 Å². The van der Waals surface area contributed by atoms with Crippen molar-refractivity contribution < 1.29 is 14.7 Å². The molecule has 1 atom stereocenters. The summed E-state index contributed by atoms with van der Waals surface area (Å²) in [4.78, 5) is 26.5. The molecule has 94 valence electrons. The molecule has 0 radical (unpaired) electrons. The second-order valence-corrected chi connectivity index (χ2v) is 5.03. The Labute approximate surface area is 104 Å². The lowest BCUT2D eigenvalue weighted by Crippen LogP contribution is -2.44. The van der Waals surface area contributed by atoms with Crippen LogP contribution in [0.2, 0.25) is 0 Å². The number of nitrogens with zero attached hydrogens (tertiary/aromatic N) is 1. The highest BCUT2D eigenvalue weighted by Gasteiger charge is 2.23. The molecule has 5 nitrogen and oxygen atoms in total. The van der Waals surface area contributed by atoms with E-state index in [2.05, 4.69) is 10.3 Å². The minimum atomic E-state index is -0.998. The molecule has 0 aromatic carbocycles. The summed E-state index contributed by atoms with van der Waals surface area (Å²) in [5.74, 6) is -1.37. The zero-order valence-corrected chi connectivity index (χ0v) is 10.7. The molecular formula is C11H16N2O3S. The van der Waals surface area contributed by atoms with Crippen LogP contribution in [0.3, 0.4) is 0 Å². The van der Waals surface area contributed by atoms with Gasteiger partial charge in [0.2, 0.25) is 5.91 Å². The van der Waals surface area contributed by atoms with Gasteiger partial charge in [-0.2, -0.15) is 0 Å². The predicted molar refractivity (Wildman–Crippen MR) is 64.8 cm³/mol. The Bertz CT molecular complexity index is 376. The first-order valence-electron chi connectivity index (χ1n) is 5.41. The van der Waals surface area contributed by atoms with Crippen LogP contribution in [0.5, 0.6) is 0 Å². The minimum absolute atomic E-state index is 0.128. The summed E-state index contributed by atoms with van der Waals surface area (Å²) >= 11 is 1.49. The van der Waals surface area contributed by atoms with Gasteiger partial charge in [-0.05, 0) is 5.92 Å². The lowest BCUT2D eigenvalue weighted by Gasteiger charge is -2.17. The lowest BCUT2D eigenvalue weighted by atomic mass is 10.0. The molecule has 1 aromatic rings. The zero-order valence-electron chi connectivity index (χ0n) is 9.84. The van der Waals surface area contributed by atoms with Crippen LogP contribution in [-0.2, 0) is 16.0 Å². The Morgan fingerprint density at radius 3 is 2.71 bits per heavy atom. The van der Waals surface area contributed by atoms with Gasteiger partial charge in [-0.15, -0.1) is 11.3 Å². The first-order valence-corrected chi connectivity index (χ1v) is 6.29. The van der Waals surface area contributed by atoms with E-state index in [1.807, 2.05) is 5.38 Å². The Hall–Kier alpha value is -1.43. The molecular weight excluding hydrogens is 240 g/mol. The summed E-state index contributed by atoms with van der Waals surface area (Å²) in [6, 6.07) is -0.821. The number of hydrogen-bond donors (Lipinski definition) is 2. The van der Waals surface area contributed by atoms with Gasteiger partial charge in [-0.1, -0.05) is 13.8 Å². The highest BCUT2D eigenvalue weighted by atomic mass is 32.1. The molecule has 1 aromatic heterocycles. The van der Waals surface area contributed by atoms with Crippen LogP contribution in [0.4, 0.5) is 0 Å². The third-order valence-electron chi connectivity index (χ3n) is 2.30. The van der Waals surface area contributed by atoms with Gasteiger partial charge in [0.1, 0.15) is 6.04 Å². The predicted octanol–water partition coefficient (Wildman–Crippen LogP) is 1.30. The minimum Gasteiger partial charge on any atom is -0.480 e. The van der Waals surface area contributed by atoms with E-state index in [0.29, 0.717) is 6.42 Å². The molecule has 0 bridgehead atoms. The summed E-state index contributed by atoms with van der Waals surface area (Å²) in [6.45, 7) is 3.53. The van der Waals surface area contributed by atoms with E-state index in [-0.39, 0.29) is 18.2 Å². The number of thiazole rings is 1. The fourth-order valence-electron chi connectivity index (χ4n) is 1.36. The fourth-order valence-corrected chi connectivity index (χ4v) is 1.98. The number of carbonyl (C=O) groups excluding carboxylic acids is 1. The molecule has 0 saturated heterocycles. The van der Waals surface area contributed by atoms with Gasteiger partial charge in [0.25, 0.3) is 0 Å². The van der Waals surface area contributed by atoms with Crippen LogP contribution in [-0.4, -0.2) is 28.0 Å². The molecule has 1 rings (SSSR count). The van der Waals surface area contributed by atoms with Gasteiger partial charge in [0, 0.05) is 24.4 Å². The number of amides is 1. The van der Waals surface area contributed by atoms with Crippen LogP contribution >= 0.6 is 11.3 Å². The molecule has 17 heavy (non-hydrogen) atoms. The number of aromatic nitrogens is 1. The lowest BCUT2D eigenvalue weighted by molar-refractivity contribution is -0.143. The van der Waals surface area contributed by atoms with E-state index < -0.39 is 12.0 Å². The van der Waals surface area contributed by atoms with Gasteiger partial charge >= 0.3 is 5.97 Å². The van der Waals surface area contributed by atoms with Crippen LogP contribution in [0.25, 0.3) is 0 Å². The molecule has 0 aliphatic rings. The average molecular weight is 256 g/mol. The maximum atomic E-state index is 11.6. The average Bonchev–Trinajstić information content (AvgIpc) is 2.74. The summed E-state index contributed by atoms with van der Waals surface area (Å²) < 4.78 is 0. The molecule has 1 amide bonds. The van der Waals surface area contributed by atoms with Gasteiger partial charge < -0.3 is 10.4 Å². The standard InChI is InChI=1S/C11H16N2O3S/c1-7(2)10(11(15)16)13-8(14)3-4-9-12-5-6-17-9/h5-7,10H,3-4H2,1-2H3,(H,13,14)(H,15,16)/t10-/m1/s1. The van der Waals surface area contributed by atoms with Crippen molar-refractivity contribution >= 4 is 23.2 Å². The maximum Gasteiger partial charge on any atom is 0.326 e. The van der Waals surface area contributed by atoms with Gasteiger partial charge in [-0.25, -0.2) is 9.78 Å². The fraction of sp³-hybridized carbons (Fsp3) is 0.545. The largest absolute Gasteiger partial charge is 0.480 e. The van der Waals surface area contributed by atoms with Gasteiger partial charge in [0.05, 0.1) is 5.01 Å². The SMILES string of the molecule is CC(C)[C@@H](NC(=O)CCc1nccs1)C(=O)O. The number of carboxylic acids is 1. The Balaban J connectivity index is 2.40. The van der Waals surface area contributed by atoms with E-state index in [4.69, 9.17) is 5.11 Å². The number of aliphatic carboxylic acids is 1. The Kier molecular flexibility index (Phi) is 5.09.